The van der Waals surface area contributed by atoms with Crippen LogP contribution in [-0.2, 0) is 5.54 Å². The Hall–Kier alpha value is -3.04. The first-order chi connectivity index (χ1) is 15.2. The maximum absolute atomic E-state index is 14.4. The molecule has 2 fully saturated rings. The van der Waals surface area contributed by atoms with Crippen molar-refractivity contribution in [3.8, 4) is 5.88 Å². The molecule has 2 aliphatic carbocycles. The number of carbonyl (C=O) groups is 1. The van der Waals surface area contributed by atoms with Crippen molar-refractivity contribution in [2.24, 2.45) is 0 Å². The Morgan fingerprint density at radius 2 is 1.97 bits per heavy atom. The van der Waals surface area contributed by atoms with Crippen LogP contribution >= 0.6 is 0 Å². The predicted octanol–water partition coefficient (Wildman–Crippen LogP) is -1.08. The summed E-state index contributed by atoms with van der Waals surface area (Å²) in [7, 11) is 6.31. The van der Waals surface area contributed by atoms with Crippen LogP contribution in [0, 0.1) is 5.82 Å². The van der Waals surface area contributed by atoms with Crippen molar-refractivity contribution in [1.82, 2.24) is 24.9 Å². The first-order valence-corrected chi connectivity index (χ1v) is 11.0. The molecule has 0 saturated heterocycles. The van der Waals surface area contributed by atoms with Crippen LogP contribution in [0.25, 0.3) is 5.65 Å². The lowest BCUT2D eigenvalue weighted by atomic mass is 9.47. The SMILES string of the molecule is BC(B)(B)N1c2ccn3ncc(c3n2)C(=O)NC2(CC2)COc2ncc(F)cc2C12CC2. The third kappa shape index (κ3) is 2.92. The van der Waals surface area contributed by atoms with E-state index < -0.39 is 16.9 Å². The van der Waals surface area contributed by atoms with Gasteiger partial charge in [-0.1, -0.05) is 0 Å². The first-order valence-electron chi connectivity index (χ1n) is 11.0. The van der Waals surface area contributed by atoms with Gasteiger partial charge in [0.15, 0.2) is 5.65 Å². The van der Waals surface area contributed by atoms with Gasteiger partial charge in [-0.05, 0) is 43.1 Å². The Morgan fingerprint density at radius 1 is 1.19 bits per heavy atom. The maximum atomic E-state index is 14.4. The lowest BCUT2D eigenvalue weighted by Crippen LogP contribution is -2.56. The minimum absolute atomic E-state index is 0.222. The van der Waals surface area contributed by atoms with E-state index >= 15 is 0 Å². The molecule has 3 aromatic heterocycles. The Labute approximate surface area is 187 Å². The molecule has 0 unspecified atom stereocenters. The van der Waals surface area contributed by atoms with E-state index in [2.05, 4.69) is 43.8 Å². The lowest BCUT2D eigenvalue weighted by Gasteiger charge is -2.44. The number of hydrogen-bond donors (Lipinski definition) is 1. The van der Waals surface area contributed by atoms with Crippen molar-refractivity contribution in [3.05, 3.63) is 47.7 Å². The number of pyridine rings is 1. The van der Waals surface area contributed by atoms with E-state index in [0.29, 0.717) is 22.9 Å². The number of anilines is 1. The van der Waals surface area contributed by atoms with E-state index in [4.69, 9.17) is 9.72 Å². The standard InChI is InChI=1S/C20H22B3FN6O2/c21-20(22,23)30-14-1-6-29-15(27-14)12(9-26-29)16(31)28-18(2-3-18)10-32-17-13(19(30)4-5-19)7-11(24)8-25-17/h1,6-9H,2-5,10,21-23H2,(H,28,31). The number of fused-ring (bicyclic) bond motifs is 3. The van der Waals surface area contributed by atoms with E-state index in [0.717, 1.165) is 31.2 Å². The van der Waals surface area contributed by atoms with Crippen LogP contribution in [0.2, 0.25) is 0 Å². The van der Waals surface area contributed by atoms with Gasteiger partial charge in [-0.2, -0.15) is 5.10 Å². The van der Waals surface area contributed by atoms with E-state index in [-0.39, 0.29) is 17.8 Å². The molecule has 2 saturated carbocycles. The molecule has 2 spiro atoms. The first kappa shape index (κ1) is 19.6. The molecule has 1 amide bonds. The van der Waals surface area contributed by atoms with Gasteiger partial charge in [-0.25, -0.2) is 18.9 Å². The van der Waals surface area contributed by atoms with Gasteiger partial charge in [0.25, 0.3) is 5.91 Å². The summed E-state index contributed by atoms with van der Waals surface area (Å²) < 4.78 is 22.2. The summed E-state index contributed by atoms with van der Waals surface area (Å²) in [6, 6.07) is 3.43. The van der Waals surface area contributed by atoms with E-state index in [9.17, 15) is 9.18 Å². The fourth-order valence-electron chi connectivity index (χ4n) is 4.93. The highest BCUT2D eigenvalue weighted by Gasteiger charge is 2.56. The van der Waals surface area contributed by atoms with Gasteiger partial charge in [0, 0.05) is 11.8 Å². The second-order valence-corrected chi connectivity index (χ2v) is 10.2. The van der Waals surface area contributed by atoms with Crippen molar-refractivity contribution in [3.63, 3.8) is 0 Å². The van der Waals surface area contributed by atoms with E-state index in [1.807, 2.05) is 12.3 Å². The van der Waals surface area contributed by atoms with Gasteiger partial charge < -0.3 is 15.0 Å². The summed E-state index contributed by atoms with van der Waals surface area (Å²) in [4.78, 5) is 24.5. The van der Waals surface area contributed by atoms with Crippen molar-refractivity contribution < 1.29 is 13.9 Å². The van der Waals surface area contributed by atoms with Crippen molar-refractivity contribution >= 4 is 40.9 Å². The minimum atomic E-state index is -0.490. The number of amides is 1. The molecule has 12 heteroatoms. The molecule has 160 valence electrons. The summed E-state index contributed by atoms with van der Waals surface area (Å²) in [5.74, 6) is 0.503. The summed E-state index contributed by atoms with van der Waals surface area (Å²) in [6.07, 6.45) is 7.84. The highest BCUT2D eigenvalue weighted by atomic mass is 19.1. The average Bonchev–Trinajstić information content (AvgIpc) is 3.64. The summed E-state index contributed by atoms with van der Waals surface area (Å²) >= 11 is 0. The molecule has 4 heterocycles. The number of nitrogens with one attached hydrogen (secondary N) is 1. The van der Waals surface area contributed by atoms with Crippen LogP contribution in [0.5, 0.6) is 5.88 Å². The van der Waals surface area contributed by atoms with Gasteiger partial charge >= 0.3 is 0 Å². The molecule has 0 radical (unpaired) electrons. The fraction of sp³-hybridized carbons (Fsp3) is 0.400. The third-order valence-corrected chi connectivity index (χ3v) is 6.69. The monoisotopic (exact) mass is 430 g/mol. The largest absolute Gasteiger partial charge is 0.475 e. The molecule has 3 aliphatic rings. The minimum Gasteiger partial charge on any atom is -0.475 e. The third-order valence-electron chi connectivity index (χ3n) is 6.69. The van der Waals surface area contributed by atoms with Crippen LogP contribution in [0.1, 0.15) is 41.6 Å². The zero-order valence-corrected chi connectivity index (χ0v) is 18.4. The highest BCUT2D eigenvalue weighted by molar-refractivity contribution is 6.61. The van der Waals surface area contributed by atoms with Crippen LogP contribution < -0.4 is 15.0 Å². The van der Waals surface area contributed by atoms with E-state index in [1.54, 1.807) is 10.7 Å². The molecule has 6 rings (SSSR count). The molecule has 1 aliphatic heterocycles. The number of ether oxygens (including phenoxy) is 1. The summed E-state index contributed by atoms with van der Waals surface area (Å²) in [5.41, 5.74) is 0.710. The summed E-state index contributed by atoms with van der Waals surface area (Å²) in [5, 5.41) is 7.09. The normalized spacial score (nSPS) is 20.8. The molecule has 2 bridgehead atoms. The Balaban J connectivity index is 1.61. The van der Waals surface area contributed by atoms with Crippen LogP contribution in [-0.4, -0.2) is 66.4 Å². The van der Waals surface area contributed by atoms with Gasteiger partial charge in [-0.15, -0.1) is 0 Å². The van der Waals surface area contributed by atoms with Gasteiger partial charge in [0.2, 0.25) is 5.88 Å². The molecule has 0 aromatic carbocycles. The topological polar surface area (TPSA) is 84.7 Å². The van der Waals surface area contributed by atoms with Gasteiger partial charge in [0.05, 0.1) is 23.5 Å². The van der Waals surface area contributed by atoms with Crippen molar-refractivity contribution in [2.45, 2.75) is 42.0 Å². The fourth-order valence-corrected chi connectivity index (χ4v) is 4.93. The maximum Gasteiger partial charge on any atom is 0.257 e. The predicted molar refractivity (Wildman–Crippen MR) is 124 cm³/mol. The number of hydrogen-bond acceptors (Lipinski definition) is 6. The second kappa shape index (κ2) is 6.27. The molecule has 32 heavy (non-hydrogen) atoms. The zero-order chi connectivity index (χ0) is 22.3. The zero-order valence-electron chi connectivity index (χ0n) is 18.4. The smallest absolute Gasteiger partial charge is 0.257 e. The molecule has 0 atom stereocenters. The number of nitrogens with zero attached hydrogens (tertiary/aromatic N) is 5. The van der Waals surface area contributed by atoms with Crippen LogP contribution in [0.4, 0.5) is 10.2 Å². The summed E-state index contributed by atoms with van der Waals surface area (Å²) in [6.45, 7) is 0.283. The molecule has 1 N–H and O–H groups in total. The van der Waals surface area contributed by atoms with Crippen LogP contribution in [0.15, 0.2) is 30.7 Å². The molecule has 3 aromatic rings. The van der Waals surface area contributed by atoms with Crippen molar-refractivity contribution in [2.75, 3.05) is 11.5 Å². The highest BCUT2D eigenvalue weighted by Crippen LogP contribution is 2.56. The quantitative estimate of drug-likeness (QED) is 0.496. The number of aromatic nitrogens is 4. The number of halogens is 1. The lowest BCUT2D eigenvalue weighted by molar-refractivity contribution is 0.0913. The van der Waals surface area contributed by atoms with Gasteiger partial charge in [-0.3, -0.25) is 4.79 Å². The molecular formula is C20H22B3FN6O2. The molecular weight excluding hydrogens is 408 g/mol. The van der Waals surface area contributed by atoms with Crippen LogP contribution in [0.3, 0.4) is 0 Å². The number of rotatable bonds is 1. The van der Waals surface area contributed by atoms with Gasteiger partial charge in [0.1, 0.15) is 47.3 Å². The average molecular weight is 430 g/mol. The van der Waals surface area contributed by atoms with Crippen molar-refractivity contribution in [1.29, 1.82) is 0 Å². The van der Waals surface area contributed by atoms with E-state index in [1.165, 1.54) is 12.3 Å². The second-order valence-electron chi connectivity index (χ2n) is 10.2. The Kier molecular flexibility index (Phi) is 3.84. The number of carbonyl (C=O) groups excluding carboxylic acids is 1. The Morgan fingerprint density at radius 3 is 2.66 bits per heavy atom. The molecule has 8 nitrogen and oxygen atoms in total. The Bertz CT molecular complexity index is 1270.